The van der Waals surface area contributed by atoms with Gasteiger partial charge in [-0.2, -0.15) is 0 Å². The quantitative estimate of drug-likeness (QED) is 0.713. The average Bonchev–Trinajstić information content (AvgIpc) is 2.08. The lowest BCUT2D eigenvalue weighted by atomic mass is 10.2. The molecular weight excluding hydrogens is 164 g/mol. The zero-order valence-corrected chi connectivity index (χ0v) is 7.58. The molecule has 0 spiro atoms. The molecule has 1 N–H and O–H groups in total. The first kappa shape index (κ1) is 9.45. The Labute approximate surface area is 77.5 Å². The molecule has 1 heterocycles. The Hall–Kier alpha value is -1.64. The van der Waals surface area contributed by atoms with Crippen molar-refractivity contribution < 1.29 is 4.79 Å². The number of pyridine rings is 1. The molecule has 0 aromatic carbocycles. The van der Waals surface area contributed by atoms with Crippen molar-refractivity contribution in [1.29, 1.82) is 0 Å². The lowest BCUT2D eigenvalue weighted by molar-refractivity contribution is -0.114. The van der Waals surface area contributed by atoms with Gasteiger partial charge in [-0.3, -0.25) is 4.79 Å². The number of aromatic nitrogens is 1. The molecule has 1 aromatic heterocycles. The molecule has 1 aromatic rings. The monoisotopic (exact) mass is 176 g/mol. The van der Waals surface area contributed by atoms with Crippen molar-refractivity contribution in [1.82, 2.24) is 4.98 Å². The van der Waals surface area contributed by atoms with Crippen molar-refractivity contribution in [3.05, 3.63) is 36.5 Å². The summed E-state index contributed by atoms with van der Waals surface area (Å²) in [7, 11) is 0. The number of carbonyl (C=O) groups is 1. The zero-order chi connectivity index (χ0) is 9.68. The van der Waals surface area contributed by atoms with E-state index in [0.717, 1.165) is 12.0 Å². The van der Waals surface area contributed by atoms with Crippen molar-refractivity contribution in [3.63, 3.8) is 0 Å². The summed E-state index contributed by atoms with van der Waals surface area (Å²) in [6.45, 7) is 5.09. The molecule has 0 atom stereocenters. The van der Waals surface area contributed by atoms with Gasteiger partial charge in [-0.15, -0.1) is 6.58 Å². The Morgan fingerprint density at radius 1 is 1.69 bits per heavy atom. The SMILES string of the molecule is C=CCc1ccc(NC(C)=O)nc1. The second kappa shape index (κ2) is 4.40. The smallest absolute Gasteiger partial charge is 0.222 e. The summed E-state index contributed by atoms with van der Waals surface area (Å²) >= 11 is 0. The van der Waals surface area contributed by atoms with Crippen LogP contribution in [0.4, 0.5) is 5.82 Å². The molecule has 0 aliphatic carbocycles. The Morgan fingerprint density at radius 2 is 2.46 bits per heavy atom. The summed E-state index contributed by atoms with van der Waals surface area (Å²) in [4.78, 5) is 14.7. The first-order valence-electron chi connectivity index (χ1n) is 4.06. The molecule has 3 nitrogen and oxygen atoms in total. The van der Waals surface area contributed by atoms with Crippen LogP contribution in [0.25, 0.3) is 0 Å². The number of nitrogens with zero attached hydrogens (tertiary/aromatic N) is 1. The molecule has 0 fully saturated rings. The zero-order valence-electron chi connectivity index (χ0n) is 7.58. The molecule has 0 unspecified atom stereocenters. The predicted octanol–water partition coefficient (Wildman–Crippen LogP) is 1.77. The third-order valence-corrected chi connectivity index (χ3v) is 1.51. The van der Waals surface area contributed by atoms with Crippen LogP contribution < -0.4 is 5.32 Å². The van der Waals surface area contributed by atoms with E-state index >= 15 is 0 Å². The van der Waals surface area contributed by atoms with E-state index in [4.69, 9.17) is 0 Å². The second-order valence-electron chi connectivity index (χ2n) is 2.73. The minimum Gasteiger partial charge on any atom is -0.311 e. The van der Waals surface area contributed by atoms with E-state index in [1.807, 2.05) is 12.1 Å². The van der Waals surface area contributed by atoms with Crippen molar-refractivity contribution in [2.75, 3.05) is 5.32 Å². The number of anilines is 1. The van der Waals surface area contributed by atoms with Crippen LogP contribution in [0.5, 0.6) is 0 Å². The van der Waals surface area contributed by atoms with Gasteiger partial charge in [0.05, 0.1) is 0 Å². The fourth-order valence-corrected chi connectivity index (χ4v) is 0.966. The molecule has 0 saturated heterocycles. The average molecular weight is 176 g/mol. The standard InChI is InChI=1S/C10H12N2O/c1-3-4-9-5-6-10(11-7-9)12-8(2)13/h3,5-7H,1,4H2,2H3,(H,11,12,13). The number of carbonyl (C=O) groups excluding carboxylic acids is 1. The molecule has 1 rings (SSSR count). The molecule has 68 valence electrons. The fraction of sp³-hybridized carbons (Fsp3) is 0.200. The molecule has 0 aliphatic heterocycles. The predicted molar refractivity (Wildman–Crippen MR) is 52.4 cm³/mol. The van der Waals surface area contributed by atoms with Gasteiger partial charge in [0, 0.05) is 13.1 Å². The minimum absolute atomic E-state index is 0.107. The van der Waals surface area contributed by atoms with E-state index in [1.54, 1.807) is 12.3 Å². The molecule has 3 heteroatoms. The Morgan fingerprint density at radius 3 is 2.92 bits per heavy atom. The Balaban J connectivity index is 2.69. The molecule has 13 heavy (non-hydrogen) atoms. The molecule has 0 radical (unpaired) electrons. The van der Waals surface area contributed by atoms with Crippen LogP contribution in [-0.4, -0.2) is 10.9 Å². The highest BCUT2D eigenvalue weighted by Crippen LogP contribution is 2.05. The van der Waals surface area contributed by atoms with E-state index < -0.39 is 0 Å². The fourth-order valence-electron chi connectivity index (χ4n) is 0.966. The van der Waals surface area contributed by atoms with Crippen LogP contribution in [0.1, 0.15) is 12.5 Å². The van der Waals surface area contributed by atoms with Crippen LogP contribution in [0.3, 0.4) is 0 Å². The third kappa shape index (κ3) is 3.07. The summed E-state index contributed by atoms with van der Waals surface area (Å²) < 4.78 is 0. The maximum absolute atomic E-state index is 10.7. The summed E-state index contributed by atoms with van der Waals surface area (Å²) in [5.41, 5.74) is 1.09. The summed E-state index contributed by atoms with van der Waals surface area (Å²) in [6, 6.07) is 3.69. The lowest BCUT2D eigenvalue weighted by Gasteiger charge is -2.01. The van der Waals surface area contributed by atoms with Crippen molar-refractivity contribution >= 4 is 11.7 Å². The van der Waals surface area contributed by atoms with Crippen LogP contribution in [0.2, 0.25) is 0 Å². The molecular formula is C10H12N2O. The van der Waals surface area contributed by atoms with Gasteiger partial charge < -0.3 is 5.32 Å². The van der Waals surface area contributed by atoms with Gasteiger partial charge in [0.15, 0.2) is 0 Å². The number of hydrogen-bond acceptors (Lipinski definition) is 2. The first-order valence-corrected chi connectivity index (χ1v) is 4.06. The highest BCUT2D eigenvalue weighted by atomic mass is 16.1. The summed E-state index contributed by atoms with van der Waals surface area (Å²) in [5.74, 6) is 0.476. The molecule has 1 amide bonds. The Kier molecular flexibility index (Phi) is 3.20. The van der Waals surface area contributed by atoms with Gasteiger partial charge in [0.25, 0.3) is 0 Å². The number of rotatable bonds is 3. The van der Waals surface area contributed by atoms with Crippen molar-refractivity contribution in [3.8, 4) is 0 Å². The largest absolute Gasteiger partial charge is 0.311 e. The highest BCUT2D eigenvalue weighted by molar-refractivity contribution is 5.87. The molecule has 0 saturated carbocycles. The number of amides is 1. The van der Waals surface area contributed by atoms with E-state index in [2.05, 4.69) is 16.9 Å². The number of hydrogen-bond donors (Lipinski definition) is 1. The maximum Gasteiger partial charge on any atom is 0.222 e. The van der Waals surface area contributed by atoms with Gasteiger partial charge in [-0.1, -0.05) is 12.1 Å². The van der Waals surface area contributed by atoms with E-state index in [1.165, 1.54) is 6.92 Å². The summed E-state index contributed by atoms with van der Waals surface area (Å²) in [5, 5.41) is 2.60. The van der Waals surface area contributed by atoms with Crippen LogP contribution in [-0.2, 0) is 11.2 Å². The molecule has 0 aliphatic rings. The van der Waals surface area contributed by atoms with Gasteiger partial charge in [-0.05, 0) is 18.1 Å². The Bertz CT molecular complexity index is 303. The van der Waals surface area contributed by atoms with Gasteiger partial charge in [-0.25, -0.2) is 4.98 Å². The van der Waals surface area contributed by atoms with Crippen LogP contribution >= 0.6 is 0 Å². The normalized spacial score (nSPS) is 9.31. The first-order chi connectivity index (χ1) is 6.22. The number of nitrogens with one attached hydrogen (secondary N) is 1. The van der Waals surface area contributed by atoms with E-state index in [0.29, 0.717) is 5.82 Å². The summed E-state index contributed by atoms with van der Waals surface area (Å²) in [6.07, 6.45) is 4.34. The maximum atomic E-state index is 10.7. The van der Waals surface area contributed by atoms with Gasteiger partial charge in [0.1, 0.15) is 5.82 Å². The molecule has 0 bridgehead atoms. The lowest BCUT2D eigenvalue weighted by Crippen LogP contribution is -2.07. The second-order valence-corrected chi connectivity index (χ2v) is 2.73. The van der Waals surface area contributed by atoms with Crippen LogP contribution in [0, 0.1) is 0 Å². The van der Waals surface area contributed by atoms with Crippen LogP contribution in [0.15, 0.2) is 31.0 Å². The van der Waals surface area contributed by atoms with Gasteiger partial charge >= 0.3 is 0 Å². The van der Waals surface area contributed by atoms with E-state index in [-0.39, 0.29) is 5.91 Å². The topological polar surface area (TPSA) is 42.0 Å². The third-order valence-electron chi connectivity index (χ3n) is 1.51. The van der Waals surface area contributed by atoms with Gasteiger partial charge in [0.2, 0.25) is 5.91 Å². The van der Waals surface area contributed by atoms with E-state index in [9.17, 15) is 4.79 Å². The van der Waals surface area contributed by atoms with Crippen molar-refractivity contribution in [2.45, 2.75) is 13.3 Å². The number of allylic oxidation sites excluding steroid dienone is 1. The minimum atomic E-state index is -0.107. The van der Waals surface area contributed by atoms with Crippen molar-refractivity contribution in [2.24, 2.45) is 0 Å². The highest BCUT2D eigenvalue weighted by Gasteiger charge is 1.95.